The number of piperidine rings is 1. The number of aliphatic hydroxyl groups is 1. The van der Waals surface area contributed by atoms with Crippen LogP contribution in [0.1, 0.15) is 40.5 Å². The molecule has 1 fully saturated rings. The molecule has 1 aliphatic heterocycles. The first-order valence-corrected chi connectivity index (χ1v) is 7.56. The minimum absolute atomic E-state index is 0.168. The number of carbonyl (C=O) groups is 1. The summed E-state index contributed by atoms with van der Waals surface area (Å²) in [5.41, 5.74) is 0. The molecule has 0 aromatic carbocycles. The van der Waals surface area contributed by atoms with Gasteiger partial charge in [0.15, 0.2) is 0 Å². The van der Waals surface area contributed by atoms with Crippen LogP contribution in [0, 0.1) is 17.8 Å². The molecular formula is C15H30N2O2. The Labute approximate surface area is 117 Å². The summed E-state index contributed by atoms with van der Waals surface area (Å²) in [6.45, 7) is 11.0. The Kier molecular flexibility index (Phi) is 6.80. The number of rotatable bonds is 6. The average Bonchev–Trinajstić information content (AvgIpc) is 2.32. The Morgan fingerprint density at radius 1 is 1.32 bits per heavy atom. The Balaban J connectivity index is 2.41. The van der Waals surface area contributed by atoms with Crippen LogP contribution in [0.25, 0.3) is 0 Å². The summed E-state index contributed by atoms with van der Waals surface area (Å²) in [7, 11) is 0. The van der Waals surface area contributed by atoms with Crippen molar-refractivity contribution in [3.8, 4) is 0 Å². The normalized spacial score (nSPS) is 25.7. The van der Waals surface area contributed by atoms with Crippen molar-refractivity contribution in [3.63, 3.8) is 0 Å². The van der Waals surface area contributed by atoms with Gasteiger partial charge in [-0.05, 0) is 30.6 Å². The van der Waals surface area contributed by atoms with Crippen LogP contribution in [-0.2, 0) is 4.79 Å². The molecule has 1 aliphatic rings. The molecule has 0 aromatic heterocycles. The second kappa shape index (κ2) is 7.85. The molecule has 1 rings (SSSR count). The van der Waals surface area contributed by atoms with Gasteiger partial charge in [-0.1, -0.05) is 27.7 Å². The van der Waals surface area contributed by atoms with Crippen LogP contribution in [0.5, 0.6) is 0 Å². The topological polar surface area (TPSA) is 52.6 Å². The maximum absolute atomic E-state index is 12.2. The minimum atomic E-state index is 0.168. The lowest BCUT2D eigenvalue weighted by atomic mass is 9.92. The molecule has 2 N–H and O–H groups in total. The minimum Gasteiger partial charge on any atom is -0.396 e. The van der Waals surface area contributed by atoms with E-state index in [0.29, 0.717) is 30.7 Å². The standard InChI is InChI=1S/C15H30N2O2/c1-11(2)14(5-6-18)16-8-15(19)17-9-12(3)7-13(4)10-17/h11-14,16,18H,5-10H2,1-4H3/t12-,13-,14+/m1/s1. The molecule has 0 aliphatic carbocycles. The maximum Gasteiger partial charge on any atom is 0.236 e. The highest BCUT2D eigenvalue weighted by Crippen LogP contribution is 2.20. The van der Waals surface area contributed by atoms with Crippen molar-refractivity contribution in [2.75, 3.05) is 26.2 Å². The van der Waals surface area contributed by atoms with E-state index in [4.69, 9.17) is 5.11 Å². The zero-order valence-electron chi connectivity index (χ0n) is 12.9. The van der Waals surface area contributed by atoms with Crippen molar-refractivity contribution in [2.24, 2.45) is 17.8 Å². The van der Waals surface area contributed by atoms with Crippen LogP contribution >= 0.6 is 0 Å². The van der Waals surface area contributed by atoms with Gasteiger partial charge in [-0.3, -0.25) is 4.79 Å². The van der Waals surface area contributed by atoms with Crippen molar-refractivity contribution in [2.45, 2.75) is 46.6 Å². The van der Waals surface area contributed by atoms with Gasteiger partial charge in [-0.15, -0.1) is 0 Å². The number of hydrogen-bond donors (Lipinski definition) is 2. The summed E-state index contributed by atoms with van der Waals surface area (Å²) < 4.78 is 0. The molecule has 0 radical (unpaired) electrons. The summed E-state index contributed by atoms with van der Waals surface area (Å²) in [5.74, 6) is 1.83. The first-order chi connectivity index (χ1) is 8.93. The molecule has 4 nitrogen and oxygen atoms in total. The highest BCUT2D eigenvalue weighted by atomic mass is 16.3. The molecule has 0 aromatic rings. The van der Waals surface area contributed by atoms with Crippen LogP contribution in [0.4, 0.5) is 0 Å². The smallest absolute Gasteiger partial charge is 0.236 e. The molecule has 1 heterocycles. The predicted molar refractivity (Wildman–Crippen MR) is 77.9 cm³/mol. The molecule has 0 unspecified atom stereocenters. The molecule has 0 saturated carbocycles. The van der Waals surface area contributed by atoms with Gasteiger partial charge in [0.05, 0.1) is 6.54 Å². The summed E-state index contributed by atoms with van der Waals surface area (Å²) in [6.07, 6.45) is 1.92. The molecule has 0 spiro atoms. The van der Waals surface area contributed by atoms with Gasteiger partial charge in [0.2, 0.25) is 5.91 Å². The molecule has 4 heteroatoms. The van der Waals surface area contributed by atoms with E-state index in [1.807, 2.05) is 4.90 Å². The van der Waals surface area contributed by atoms with Crippen LogP contribution in [-0.4, -0.2) is 48.2 Å². The van der Waals surface area contributed by atoms with Gasteiger partial charge in [-0.25, -0.2) is 0 Å². The second-order valence-corrected chi connectivity index (χ2v) is 6.49. The Morgan fingerprint density at radius 2 is 1.89 bits per heavy atom. The fraction of sp³-hybridized carbons (Fsp3) is 0.933. The van der Waals surface area contributed by atoms with E-state index in [-0.39, 0.29) is 18.6 Å². The van der Waals surface area contributed by atoms with Gasteiger partial charge in [0.1, 0.15) is 0 Å². The fourth-order valence-corrected chi connectivity index (χ4v) is 3.01. The third-order valence-corrected chi connectivity index (χ3v) is 3.98. The van der Waals surface area contributed by atoms with Crippen molar-refractivity contribution >= 4 is 5.91 Å². The number of carbonyl (C=O) groups excluding carboxylic acids is 1. The lowest BCUT2D eigenvalue weighted by molar-refractivity contribution is -0.133. The van der Waals surface area contributed by atoms with E-state index in [0.717, 1.165) is 13.1 Å². The van der Waals surface area contributed by atoms with Crippen molar-refractivity contribution in [1.82, 2.24) is 10.2 Å². The zero-order chi connectivity index (χ0) is 14.4. The Morgan fingerprint density at radius 3 is 2.37 bits per heavy atom. The summed E-state index contributed by atoms with van der Waals surface area (Å²) >= 11 is 0. The van der Waals surface area contributed by atoms with Gasteiger partial charge in [-0.2, -0.15) is 0 Å². The number of nitrogens with one attached hydrogen (secondary N) is 1. The van der Waals surface area contributed by atoms with Crippen LogP contribution < -0.4 is 5.32 Å². The quantitative estimate of drug-likeness (QED) is 0.769. The first kappa shape index (κ1) is 16.4. The highest BCUT2D eigenvalue weighted by molar-refractivity contribution is 5.78. The molecule has 1 amide bonds. The number of hydrogen-bond acceptors (Lipinski definition) is 3. The summed E-state index contributed by atoms with van der Waals surface area (Å²) in [6, 6.07) is 0.216. The van der Waals surface area contributed by atoms with Gasteiger partial charge in [0.25, 0.3) is 0 Å². The Hall–Kier alpha value is -0.610. The molecule has 3 atom stereocenters. The van der Waals surface area contributed by atoms with E-state index >= 15 is 0 Å². The number of aliphatic hydroxyl groups excluding tert-OH is 1. The summed E-state index contributed by atoms with van der Waals surface area (Å²) in [4.78, 5) is 14.2. The third-order valence-electron chi connectivity index (χ3n) is 3.98. The average molecular weight is 270 g/mol. The fourth-order valence-electron chi connectivity index (χ4n) is 3.01. The van der Waals surface area contributed by atoms with E-state index in [1.54, 1.807) is 0 Å². The van der Waals surface area contributed by atoms with Gasteiger partial charge < -0.3 is 15.3 Å². The largest absolute Gasteiger partial charge is 0.396 e. The first-order valence-electron chi connectivity index (χ1n) is 7.56. The molecular weight excluding hydrogens is 240 g/mol. The van der Waals surface area contributed by atoms with Crippen LogP contribution in [0.15, 0.2) is 0 Å². The lowest BCUT2D eigenvalue weighted by Crippen LogP contribution is -2.48. The molecule has 0 bridgehead atoms. The molecule has 19 heavy (non-hydrogen) atoms. The van der Waals surface area contributed by atoms with E-state index in [1.165, 1.54) is 6.42 Å². The van der Waals surface area contributed by atoms with Crippen molar-refractivity contribution in [3.05, 3.63) is 0 Å². The number of nitrogens with zero attached hydrogens (tertiary/aromatic N) is 1. The number of likely N-dealkylation sites (tertiary alicyclic amines) is 1. The predicted octanol–water partition coefficient (Wildman–Crippen LogP) is 1.49. The maximum atomic E-state index is 12.2. The van der Waals surface area contributed by atoms with E-state index in [9.17, 15) is 4.79 Å². The monoisotopic (exact) mass is 270 g/mol. The second-order valence-electron chi connectivity index (χ2n) is 6.49. The lowest BCUT2D eigenvalue weighted by Gasteiger charge is -2.35. The SMILES string of the molecule is CC(C)[C@H](CCO)NCC(=O)N1C[C@H](C)C[C@@H](C)C1. The van der Waals surface area contributed by atoms with Gasteiger partial charge >= 0.3 is 0 Å². The Bertz CT molecular complexity index is 271. The van der Waals surface area contributed by atoms with Crippen molar-refractivity contribution in [1.29, 1.82) is 0 Å². The third kappa shape index (κ3) is 5.49. The van der Waals surface area contributed by atoms with Crippen LogP contribution in [0.3, 0.4) is 0 Å². The summed E-state index contributed by atoms with van der Waals surface area (Å²) in [5, 5.41) is 12.3. The van der Waals surface area contributed by atoms with Crippen LogP contribution in [0.2, 0.25) is 0 Å². The van der Waals surface area contributed by atoms with E-state index in [2.05, 4.69) is 33.0 Å². The van der Waals surface area contributed by atoms with Gasteiger partial charge in [0, 0.05) is 25.7 Å². The molecule has 1 saturated heterocycles. The molecule has 112 valence electrons. The zero-order valence-corrected chi connectivity index (χ0v) is 12.9. The highest BCUT2D eigenvalue weighted by Gasteiger charge is 2.25. The van der Waals surface area contributed by atoms with Crippen molar-refractivity contribution < 1.29 is 9.90 Å². The van der Waals surface area contributed by atoms with E-state index < -0.39 is 0 Å². The number of amides is 1.